The molecule has 2 aromatic rings. The second-order valence-corrected chi connectivity index (χ2v) is 7.14. The molecule has 0 aliphatic heterocycles. The van der Waals surface area contributed by atoms with Crippen LogP contribution in [0.25, 0.3) is 10.9 Å². The first-order valence-corrected chi connectivity index (χ1v) is 9.55. The maximum atomic E-state index is 12.5. The number of para-hydroxylation sites is 1. The Kier molecular flexibility index (Phi) is 6.21. The lowest BCUT2D eigenvalue weighted by atomic mass is 9.95. The molecule has 27 heavy (non-hydrogen) atoms. The van der Waals surface area contributed by atoms with Crippen LogP contribution >= 0.6 is 0 Å². The van der Waals surface area contributed by atoms with E-state index in [4.69, 9.17) is 0 Å². The zero-order valence-electron chi connectivity index (χ0n) is 15.7. The summed E-state index contributed by atoms with van der Waals surface area (Å²) >= 11 is 0. The van der Waals surface area contributed by atoms with Crippen molar-refractivity contribution in [2.75, 3.05) is 6.54 Å². The summed E-state index contributed by atoms with van der Waals surface area (Å²) in [6, 6.07) is 5.70. The third-order valence-corrected chi connectivity index (χ3v) is 5.05. The van der Waals surface area contributed by atoms with Crippen molar-refractivity contribution in [3.63, 3.8) is 0 Å². The maximum absolute atomic E-state index is 12.5. The number of carbonyl (C=O) groups excluding carboxylic acids is 2. The van der Waals surface area contributed by atoms with Crippen LogP contribution in [0.15, 0.2) is 29.3 Å². The predicted octanol–water partition coefficient (Wildman–Crippen LogP) is 1.66. The SMILES string of the molecule is Cc1cccc2c(=O)n(CCC(=O)NCC(=O)NC3CCCCC3)cnc12. The monoisotopic (exact) mass is 370 g/mol. The van der Waals surface area contributed by atoms with E-state index < -0.39 is 0 Å². The van der Waals surface area contributed by atoms with Gasteiger partial charge in [0.15, 0.2) is 0 Å². The number of rotatable bonds is 6. The quantitative estimate of drug-likeness (QED) is 0.809. The lowest BCUT2D eigenvalue weighted by Crippen LogP contribution is -2.42. The molecule has 1 aromatic heterocycles. The summed E-state index contributed by atoms with van der Waals surface area (Å²) in [4.78, 5) is 40.8. The number of hydrogen-bond acceptors (Lipinski definition) is 4. The van der Waals surface area contributed by atoms with Gasteiger partial charge in [0.25, 0.3) is 5.56 Å². The molecule has 2 amide bonds. The van der Waals surface area contributed by atoms with E-state index in [-0.39, 0.29) is 42.9 Å². The first-order valence-electron chi connectivity index (χ1n) is 9.55. The summed E-state index contributed by atoms with van der Waals surface area (Å²) in [5, 5.41) is 6.13. The summed E-state index contributed by atoms with van der Waals surface area (Å²) in [5.74, 6) is -0.416. The van der Waals surface area contributed by atoms with Crippen LogP contribution in [0.1, 0.15) is 44.1 Å². The highest BCUT2D eigenvalue weighted by Gasteiger charge is 2.16. The average Bonchev–Trinajstić information content (AvgIpc) is 2.67. The van der Waals surface area contributed by atoms with Crippen molar-refractivity contribution in [2.45, 2.75) is 58.0 Å². The van der Waals surface area contributed by atoms with Gasteiger partial charge in [-0.15, -0.1) is 0 Å². The van der Waals surface area contributed by atoms with E-state index in [0.717, 1.165) is 31.2 Å². The van der Waals surface area contributed by atoms with E-state index >= 15 is 0 Å². The van der Waals surface area contributed by atoms with Gasteiger partial charge in [-0.2, -0.15) is 0 Å². The van der Waals surface area contributed by atoms with Crippen molar-refractivity contribution < 1.29 is 9.59 Å². The van der Waals surface area contributed by atoms with Gasteiger partial charge in [0, 0.05) is 19.0 Å². The summed E-state index contributed by atoms with van der Waals surface area (Å²) in [6.45, 7) is 2.11. The smallest absolute Gasteiger partial charge is 0.261 e. The average molecular weight is 370 g/mol. The van der Waals surface area contributed by atoms with E-state index in [1.807, 2.05) is 19.1 Å². The van der Waals surface area contributed by atoms with Crippen molar-refractivity contribution in [2.24, 2.45) is 0 Å². The highest BCUT2D eigenvalue weighted by Crippen LogP contribution is 2.17. The first kappa shape index (κ1) is 19.1. The predicted molar refractivity (Wildman–Crippen MR) is 103 cm³/mol. The Morgan fingerprint density at radius 1 is 1.19 bits per heavy atom. The molecule has 0 bridgehead atoms. The fourth-order valence-electron chi connectivity index (χ4n) is 3.51. The van der Waals surface area contributed by atoms with Gasteiger partial charge in [-0.3, -0.25) is 19.0 Å². The van der Waals surface area contributed by atoms with Gasteiger partial charge >= 0.3 is 0 Å². The minimum absolute atomic E-state index is 0.0284. The summed E-state index contributed by atoms with van der Waals surface area (Å²) < 4.78 is 1.43. The second kappa shape index (κ2) is 8.79. The Labute approximate surface area is 158 Å². The molecule has 7 nitrogen and oxygen atoms in total. The van der Waals surface area contributed by atoms with E-state index in [1.165, 1.54) is 17.3 Å². The van der Waals surface area contributed by atoms with Gasteiger partial charge in [0.2, 0.25) is 11.8 Å². The first-order chi connectivity index (χ1) is 13.0. The van der Waals surface area contributed by atoms with Gasteiger partial charge in [-0.25, -0.2) is 4.98 Å². The Hall–Kier alpha value is -2.70. The van der Waals surface area contributed by atoms with Gasteiger partial charge in [-0.1, -0.05) is 31.4 Å². The highest BCUT2D eigenvalue weighted by atomic mass is 16.2. The molecule has 1 fully saturated rings. The topological polar surface area (TPSA) is 93.1 Å². The van der Waals surface area contributed by atoms with Crippen molar-refractivity contribution >= 4 is 22.7 Å². The number of carbonyl (C=O) groups is 2. The van der Waals surface area contributed by atoms with Gasteiger partial charge < -0.3 is 10.6 Å². The van der Waals surface area contributed by atoms with Crippen molar-refractivity contribution in [1.29, 1.82) is 0 Å². The third kappa shape index (κ3) is 4.93. The van der Waals surface area contributed by atoms with Crippen LogP contribution in [-0.4, -0.2) is 34.0 Å². The maximum Gasteiger partial charge on any atom is 0.261 e. The Bertz CT molecular complexity index is 884. The molecule has 1 heterocycles. The molecular formula is C20H26N4O3. The highest BCUT2D eigenvalue weighted by molar-refractivity contribution is 5.84. The van der Waals surface area contributed by atoms with Crippen LogP contribution in [0.4, 0.5) is 0 Å². The number of amides is 2. The van der Waals surface area contributed by atoms with Gasteiger partial charge in [-0.05, 0) is 31.4 Å². The molecular weight excluding hydrogens is 344 g/mol. The number of aryl methyl sites for hydroxylation is 2. The van der Waals surface area contributed by atoms with E-state index in [9.17, 15) is 14.4 Å². The minimum atomic E-state index is -0.259. The van der Waals surface area contributed by atoms with Gasteiger partial charge in [0.05, 0.1) is 23.8 Å². The zero-order chi connectivity index (χ0) is 19.2. The fourth-order valence-corrected chi connectivity index (χ4v) is 3.51. The van der Waals surface area contributed by atoms with Crippen molar-refractivity contribution in [3.8, 4) is 0 Å². The van der Waals surface area contributed by atoms with Crippen LogP contribution in [0.5, 0.6) is 0 Å². The van der Waals surface area contributed by atoms with Gasteiger partial charge in [0.1, 0.15) is 0 Å². The zero-order valence-corrected chi connectivity index (χ0v) is 15.7. The Morgan fingerprint density at radius 2 is 1.96 bits per heavy atom. The molecule has 3 rings (SSSR count). The minimum Gasteiger partial charge on any atom is -0.352 e. The van der Waals surface area contributed by atoms with E-state index in [2.05, 4.69) is 15.6 Å². The van der Waals surface area contributed by atoms with Crippen LogP contribution in [0.3, 0.4) is 0 Å². The van der Waals surface area contributed by atoms with E-state index in [0.29, 0.717) is 10.9 Å². The van der Waals surface area contributed by atoms with Crippen LogP contribution in [0.2, 0.25) is 0 Å². The molecule has 1 aromatic carbocycles. The number of aromatic nitrogens is 2. The second-order valence-electron chi connectivity index (χ2n) is 7.14. The number of nitrogens with zero attached hydrogens (tertiary/aromatic N) is 2. The fraction of sp³-hybridized carbons (Fsp3) is 0.500. The molecule has 0 saturated heterocycles. The van der Waals surface area contributed by atoms with E-state index in [1.54, 1.807) is 6.07 Å². The molecule has 2 N–H and O–H groups in total. The summed E-state index contributed by atoms with van der Waals surface area (Å²) in [6.07, 6.45) is 7.13. The largest absolute Gasteiger partial charge is 0.352 e. The summed E-state index contributed by atoms with van der Waals surface area (Å²) in [7, 11) is 0. The molecule has 0 radical (unpaired) electrons. The number of fused-ring (bicyclic) bond motifs is 1. The standard InChI is InChI=1S/C20H26N4O3/c1-14-6-5-9-16-19(14)22-13-24(20(16)27)11-10-17(25)21-12-18(26)23-15-7-3-2-4-8-15/h5-6,9,13,15H,2-4,7-8,10-12H2,1H3,(H,21,25)(H,23,26). The molecule has 7 heteroatoms. The number of benzene rings is 1. The van der Waals surface area contributed by atoms with Crippen LogP contribution in [0, 0.1) is 6.92 Å². The van der Waals surface area contributed by atoms with Crippen molar-refractivity contribution in [3.05, 3.63) is 40.4 Å². The lowest BCUT2D eigenvalue weighted by molar-refractivity contribution is -0.126. The molecule has 1 aliphatic rings. The lowest BCUT2D eigenvalue weighted by Gasteiger charge is -2.22. The number of nitrogens with one attached hydrogen (secondary N) is 2. The molecule has 1 aliphatic carbocycles. The molecule has 1 saturated carbocycles. The Balaban J connectivity index is 1.49. The Morgan fingerprint density at radius 3 is 2.74 bits per heavy atom. The normalized spacial score (nSPS) is 14.9. The van der Waals surface area contributed by atoms with Crippen LogP contribution < -0.4 is 16.2 Å². The molecule has 0 atom stereocenters. The molecule has 144 valence electrons. The summed E-state index contributed by atoms with van der Waals surface area (Å²) in [5.41, 5.74) is 1.47. The van der Waals surface area contributed by atoms with Crippen molar-refractivity contribution in [1.82, 2.24) is 20.2 Å². The molecule has 0 unspecified atom stereocenters. The number of hydrogen-bond donors (Lipinski definition) is 2. The third-order valence-electron chi connectivity index (χ3n) is 5.05. The van der Waals surface area contributed by atoms with Crippen LogP contribution in [-0.2, 0) is 16.1 Å². The molecule has 0 spiro atoms.